The molecule has 0 saturated carbocycles. The summed E-state index contributed by atoms with van der Waals surface area (Å²) in [4.78, 5) is 3.17. The molecule has 0 atom stereocenters. The van der Waals surface area contributed by atoms with Gasteiger partial charge in [0.05, 0.1) is 7.11 Å². The molecule has 1 fully saturated rings. The van der Waals surface area contributed by atoms with Crippen LogP contribution in [-0.4, -0.2) is 30.1 Å². The molecule has 2 aromatic carbocycles. The van der Waals surface area contributed by atoms with Crippen molar-refractivity contribution in [2.45, 2.75) is 25.9 Å². The summed E-state index contributed by atoms with van der Waals surface area (Å²) in [7, 11) is 1.65. The van der Waals surface area contributed by atoms with Crippen LogP contribution in [0, 0.1) is 0 Å². The second kappa shape index (κ2) is 8.54. The number of piperidine rings is 1. The zero-order chi connectivity index (χ0) is 17.6. The fourth-order valence-electron chi connectivity index (χ4n) is 2.94. The summed E-state index contributed by atoms with van der Waals surface area (Å²) >= 11 is 11.6. The van der Waals surface area contributed by atoms with E-state index in [2.05, 4.69) is 4.90 Å². The SMILES string of the molecule is COc1cc(C(=S)N2CCCCC2)ccc1OCc1ccc(Cl)cc1. The van der Waals surface area contributed by atoms with Crippen LogP contribution in [0.25, 0.3) is 0 Å². The molecule has 1 saturated heterocycles. The molecular weight excluding hydrogens is 354 g/mol. The topological polar surface area (TPSA) is 21.7 Å². The number of benzene rings is 2. The Bertz CT molecular complexity index is 727. The van der Waals surface area contributed by atoms with Crippen LogP contribution in [0.1, 0.15) is 30.4 Å². The molecule has 1 aliphatic heterocycles. The van der Waals surface area contributed by atoms with Crippen molar-refractivity contribution in [2.75, 3.05) is 20.2 Å². The first-order chi connectivity index (χ1) is 12.2. The zero-order valence-corrected chi connectivity index (χ0v) is 15.9. The molecule has 3 nitrogen and oxygen atoms in total. The second-order valence-electron chi connectivity index (χ2n) is 6.13. The van der Waals surface area contributed by atoms with Gasteiger partial charge in [0, 0.05) is 23.7 Å². The number of hydrogen-bond donors (Lipinski definition) is 0. The van der Waals surface area contributed by atoms with E-state index >= 15 is 0 Å². The molecule has 5 heteroatoms. The minimum atomic E-state index is 0.462. The fraction of sp³-hybridized carbons (Fsp3) is 0.350. The number of thiocarbonyl (C=S) groups is 1. The third-order valence-corrected chi connectivity index (χ3v) is 5.11. The summed E-state index contributed by atoms with van der Waals surface area (Å²) < 4.78 is 11.4. The highest BCUT2D eigenvalue weighted by Crippen LogP contribution is 2.30. The van der Waals surface area contributed by atoms with Crippen LogP contribution >= 0.6 is 23.8 Å². The quantitative estimate of drug-likeness (QED) is 0.678. The van der Waals surface area contributed by atoms with Crippen molar-refractivity contribution >= 4 is 28.8 Å². The van der Waals surface area contributed by atoms with E-state index in [-0.39, 0.29) is 0 Å². The van der Waals surface area contributed by atoms with Crippen molar-refractivity contribution in [1.82, 2.24) is 4.90 Å². The predicted molar refractivity (Wildman–Crippen MR) is 106 cm³/mol. The van der Waals surface area contributed by atoms with E-state index in [1.807, 2.05) is 42.5 Å². The van der Waals surface area contributed by atoms with Crippen molar-refractivity contribution in [3.63, 3.8) is 0 Å². The van der Waals surface area contributed by atoms with Gasteiger partial charge in [0.25, 0.3) is 0 Å². The Morgan fingerprint density at radius 3 is 2.44 bits per heavy atom. The van der Waals surface area contributed by atoms with Gasteiger partial charge < -0.3 is 14.4 Å². The maximum absolute atomic E-state index is 5.91. The first kappa shape index (κ1) is 18.0. The molecule has 0 bridgehead atoms. The largest absolute Gasteiger partial charge is 0.493 e. The van der Waals surface area contributed by atoms with Gasteiger partial charge in [-0.1, -0.05) is 36.0 Å². The molecule has 0 radical (unpaired) electrons. The van der Waals surface area contributed by atoms with Crippen LogP contribution in [-0.2, 0) is 6.61 Å². The van der Waals surface area contributed by atoms with Gasteiger partial charge in [-0.2, -0.15) is 0 Å². The van der Waals surface area contributed by atoms with Crippen molar-refractivity contribution in [2.24, 2.45) is 0 Å². The summed E-state index contributed by atoms with van der Waals surface area (Å²) in [6.45, 7) is 2.54. The average Bonchev–Trinajstić information content (AvgIpc) is 2.67. The van der Waals surface area contributed by atoms with Crippen LogP contribution in [0.3, 0.4) is 0 Å². The lowest BCUT2D eigenvalue weighted by atomic mass is 10.1. The number of rotatable bonds is 5. The van der Waals surface area contributed by atoms with Gasteiger partial charge in [-0.15, -0.1) is 0 Å². The summed E-state index contributed by atoms with van der Waals surface area (Å²) in [6, 6.07) is 13.5. The molecule has 25 heavy (non-hydrogen) atoms. The average molecular weight is 376 g/mol. The normalized spacial score (nSPS) is 14.2. The van der Waals surface area contributed by atoms with E-state index in [0.717, 1.165) is 34.2 Å². The van der Waals surface area contributed by atoms with Crippen LogP contribution < -0.4 is 9.47 Å². The van der Waals surface area contributed by atoms with E-state index < -0.39 is 0 Å². The molecule has 1 heterocycles. The summed E-state index contributed by atoms with van der Waals surface area (Å²) in [5.74, 6) is 1.41. The van der Waals surface area contributed by atoms with Gasteiger partial charge in [-0.25, -0.2) is 0 Å². The highest BCUT2D eigenvalue weighted by molar-refractivity contribution is 7.80. The van der Waals surface area contributed by atoms with Gasteiger partial charge in [0.1, 0.15) is 11.6 Å². The lowest BCUT2D eigenvalue weighted by Gasteiger charge is -2.29. The zero-order valence-electron chi connectivity index (χ0n) is 14.3. The van der Waals surface area contributed by atoms with E-state index in [4.69, 9.17) is 33.3 Å². The molecule has 0 amide bonds. The van der Waals surface area contributed by atoms with E-state index in [0.29, 0.717) is 18.1 Å². The molecular formula is C20H22ClNO2S. The third kappa shape index (κ3) is 4.65. The fourth-order valence-corrected chi connectivity index (χ4v) is 3.38. The van der Waals surface area contributed by atoms with E-state index in [1.165, 1.54) is 19.3 Å². The van der Waals surface area contributed by atoms with Gasteiger partial charge in [-0.3, -0.25) is 0 Å². The molecule has 3 rings (SSSR count). The standard InChI is InChI=1S/C20H22ClNO2S/c1-23-19-13-16(20(25)22-11-3-2-4-12-22)7-10-18(19)24-14-15-5-8-17(21)9-6-15/h5-10,13H,2-4,11-12,14H2,1H3. The van der Waals surface area contributed by atoms with Crippen LogP contribution in [0.4, 0.5) is 0 Å². The third-order valence-electron chi connectivity index (χ3n) is 4.36. The van der Waals surface area contributed by atoms with Crippen LogP contribution in [0.15, 0.2) is 42.5 Å². The molecule has 0 unspecified atom stereocenters. The first-order valence-electron chi connectivity index (χ1n) is 8.52. The number of halogens is 1. The summed E-state index contributed by atoms with van der Waals surface area (Å²) in [5, 5.41) is 0.719. The van der Waals surface area contributed by atoms with Crippen molar-refractivity contribution in [1.29, 1.82) is 0 Å². The summed E-state index contributed by atoms with van der Waals surface area (Å²) in [6.07, 6.45) is 3.71. The van der Waals surface area contributed by atoms with Gasteiger partial charge in [0.15, 0.2) is 11.5 Å². The molecule has 132 valence electrons. The maximum Gasteiger partial charge on any atom is 0.161 e. The van der Waals surface area contributed by atoms with Crippen molar-refractivity contribution < 1.29 is 9.47 Å². The molecule has 0 spiro atoms. The smallest absolute Gasteiger partial charge is 0.161 e. The van der Waals surface area contributed by atoms with Gasteiger partial charge in [0.2, 0.25) is 0 Å². The monoisotopic (exact) mass is 375 g/mol. The molecule has 0 aliphatic carbocycles. The highest BCUT2D eigenvalue weighted by atomic mass is 35.5. The minimum Gasteiger partial charge on any atom is -0.493 e. The van der Waals surface area contributed by atoms with Crippen LogP contribution in [0.5, 0.6) is 11.5 Å². The van der Waals surface area contributed by atoms with E-state index in [1.54, 1.807) is 7.11 Å². The Morgan fingerprint density at radius 1 is 1.04 bits per heavy atom. The number of likely N-dealkylation sites (tertiary alicyclic amines) is 1. The van der Waals surface area contributed by atoms with E-state index in [9.17, 15) is 0 Å². The first-order valence-corrected chi connectivity index (χ1v) is 9.30. The lowest BCUT2D eigenvalue weighted by Crippen LogP contribution is -2.34. The molecule has 0 aromatic heterocycles. The highest BCUT2D eigenvalue weighted by Gasteiger charge is 2.16. The minimum absolute atomic E-state index is 0.462. The van der Waals surface area contributed by atoms with Gasteiger partial charge in [-0.05, 0) is 55.2 Å². The predicted octanol–water partition coefficient (Wildman–Crippen LogP) is 5.09. The van der Waals surface area contributed by atoms with Crippen molar-refractivity contribution in [3.05, 3.63) is 58.6 Å². The summed E-state index contributed by atoms with van der Waals surface area (Å²) in [5.41, 5.74) is 2.06. The number of methoxy groups -OCH3 is 1. The molecule has 2 aromatic rings. The maximum atomic E-state index is 5.91. The lowest BCUT2D eigenvalue weighted by molar-refractivity contribution is 0.284. The Hall–Kier alpha value is -1.78. The number of ether oxygens (including phenoxy) is 2. The second-order valence-corrected chi connectivity index (χ2v) is 6.96. The molecule has 1 aliphatic rings. The van der Waals surface area contributed by atoms with Gasteiger partial charge >= 0.3 is 0 Å². The number of hydrogen-bond acceptors (Lipinski definition) is 3. The Morgan fingerprint density at radius 2 is 1.76 bits per heavy atom. The van der Waals surface area contributed by atoms with Crippen molar-refractivity contribution in [3.8, 4) is 11.5 Å². The Labute approximate surface area is 159 Å². The number of nitrogens with zero attached hydrogens (tertiary/aromatic N) is 1. The Balaban J connectivity index is 1.70. The molecule has 0 N–H and O–H groups in total. The van der Waals surface area contributed by atoms with Crippen LogP contribution in [0.2, 0.25) is 5.02 Å². The Kier molecular flexibility index (Phi) is 6.16.